The number of hydrogen-bond donors (Lipinski definition) is 2. The zero-order valence-corrected chi connectivity index (χ0v) is 15.2. The van der Waals surface area contributed by atoms with E-state index in [0.717, 1.165) is 37.6 Å². The molecule has 0 bridgehead atoms. The van der Waals surface area contributed by atoms with Crippen LogP contribution in [0.5, 0.6) is 0 Å². The van der Waals surface area contributed by atoms with Gasteiger partial charge in [0, 0.05) is 63.1 Å². The molecule has 0 spiro atoms. The summed E-state index contributed by atoms with van der Waals surface area (Å²) in [7, 11) is 2.01. The number of piperidine rings is 1. The molecule has 2 saturated heterocycles. The summed E-state index contributed by atoms with van der Waals surface area (Å²) in [5, 5.41) is 14.3. The molecule has 0 saturated carbocycles. The summed E-state index contributed by atoms with van der Waals surface area (Å²) in [6.07, 6.45) is 6.04. The molecule has 2 atom stereocenters. The lowest BCUT2D eigenvalue weighted by Gasteiger charge is -2.33. The van der Waals surface area contributed by atoms with Gasteiger partial charge in [-0.2, -0.15) is 5.10 Å². The van der Waals surface area contributed by atoms with Crippen LogP contribution in [0, 0.1) is 0 Å². The first-order valence-electron chi connectivity index (χ1n) is 9.35. The second-order valence-corrected chi connectivity index (χ2v) is 7.31. The van der Waals surface area contributed by atoms with Gasteiger partial charge >= 0.3 is 0 Å². The van der Waals surface area contributed by atoms with Crippen molar-refractivity contribution in [2.75, 3.05) is 36.0 Å². The SMILES string of the molecule is Cn1nccc1C1CCN(c2cc(N3C[C@H](O)C[C@@H]3CN)ncn2)CC1. The largest absolute Gasteiger partial charge is 0.391 e. The molecule has 0 unspecified atom stereocenters. The number of nitrogens with two attached hydrogens (primary N) is 1. The molecular weight excluding hydrogens is 330 g/mol. The zero-order chi connectivity index (χ0) is 18.1. The Morgan fingerprint density at radius 2 is 2.00 bits per heavy atom. The maximum Gasteiger partial charge on any atom is 0.134 e. The van der Waals surface area contributed by atoms with E-state index in [1.807, 2.05) is 24.0 Å². The average molecular weight is 357 g/mol. The van der Waals surface area contributed by atoms with Gasteiger partial charge in [0.15, 0.2) is 0 Å². The Hall–Kier alpha value is -2.19. The van der Waals surface area contributed by atoms with E-state index in [9.17, 15) is 5.11 Å². The van der Waals surface area contributed by atoms with Crippen LogP contribution >= 0.6 is 0 Å². The van der Waals surface area contributed by atoms with Gasteiger partial charge in [0.1, 0.15) is 18.0 Å². The molecule has 4 heterocycles. The van der Waals surface area contributed by atoms with E-state index in [-0.39, 0.29) is 12.1 Å². The minimum Gasteiger partial charge on any atom is -0.391 e. The summed E-state index contributed by atoms with van der Waals surface area (Å²) in [6, 6.07) is 4.29. The summed E-state index contributed by atoms with van der Waals surface area (Å²) in [5.41, 5.74) is 7.17. The molecule has 3 N–H and O–H groups in total. The van der Waals surface area contributed by atoms with E-state index in [2.05, 4.69) is 30.9 Å². The number of rotatable bonds is 4. The number of β-amino-alcohol motifs (C(OH)–C–C–N with tert-alkyl or cyclic N) is 1. The molecule has 4 rings (SSSR count). The third-order valence-corrected chi connectivity index (χ3v) is 5.69. The van der Waals surface area contributed by atoms with Crippen LogP contribution in [0.3, 0.4) is 0 Å². The monoisotopic (exact) mass is 357 g/mol. The van der Waals surface area contributed by atoms with Crippen molar-refractivity contribution < 1.29 is 5.11 Å². The molecule has 2 fully saturated rings. The van der Waals surface area contributed by atoms with Crippen LogP contribution in [-0.4, -0.2) is 63.2 Å². The minimum atomic E-state index is -0.336. The molecule has 8 nitrogen and oxygen atoms in total. The topological polar surface area (TPSA) is 96.3 Å². The number of aliphatic hydroxyl groups excluding tert-OH is 1. The summed E-state index contributed by atoms with van der Waals surface area (Å²) < 4.78 is 1.98. The minimum absolute atomic E-state index is 0.142. The van der Waals surface area contributed by atoms with Crippen molar-refractivity contribution in [3.05, 3.63) is 30.4 Å². The van der Waals surface area contributed by atoms with Gasteiger partial charge in [-0.3, -0.25) is 4.68 Å². The molecule has 2 aliphatic rings. The zero-order valence-electron chi connectivity index (χ0n) is 15.2. The standard InChI is InChI=1S/C18H27N7O/c1-23-16(2-5-22-23)13-3-6-24(7-4-13)17-9-18(21-12-20-17)25-11-15(26)8-14(25)10-19/h2,5,9,12-15,26H,3-4,6-8,10-11,19H2,1H3/t14-,15-/m1/s1. The average Bonchev–Trinajstić information content (AvgIpc) is 3.27. The lowest BCUT2D eigenvalue weighted by Crippen LogP contribution is -2.37. The highest BCUT2D eigenvalue weighted by Crippen LogP contribution is 2.31. The first-order valence-corrected chi connectivity index (χ1v) is 9.35. The molecule has 2 aromatic rings. The summed E-state index contributed by atoms with van der Waals surface area (Å²) in [4.78, 5) is 13.3. The van der Waals surface area contributed by atoms with Crippen LogP contribution in [0.4, 0.5) is 11.6 Å². The van der Waals surface area contributed by atoms with Gasteiger partial charge in [0.2, 0.25) is 0 Å². The number of aryl methyl sites for hydroxylation is 1. The van der Waals surface area contributed by atoms with Crippen LogP contribution in [0.2, 0.25) is 0 Å². The van der Waals surface area contributed by atoms with Crippen molar-refractivity contribution >= 4 is 11.6 Å². The third kappa shape index (κ3) is 3.26. The Morgan fingerprint density at radius 1 is 1.23 bits per heavy atom. The summed E-state index contributed by atoms with van der Waals surface area (Å²) >= 11 is 0. The highest BCUT2D eigenvalue weighted by molar-refractivity contribution is 5.52. The first-order chi connectivity index (χ1) is 12.7. The van der Waals surface area contributed by atoms with Crippen molar-refractivity contribution in [2.24, 2.45) is 12.8 Å². The first kappa shape index (κ1) is 17.2. The molecule has 0 amide bonds. The maximum atomic E-state index is 9.96. The quantitative estimate of drug-likeness (QED) is 0.822. The fraction of sp³-hybridized carbons (Fsp3) is 0.611. The summed E-state index contributed by atoms with van der Waals surface area (Å²) in [6.45, 7) is 3.04. The van der Waals surface area contributed by atoms with Gasteiger partial charge in [-0.1, -0.05) is 0 Å². The van der Waals surface area contributed by atoms with Crippen molar-refractivity contribution in [1.82, 2.24) is 19.7 Å². The second-order valence-electron chi connectivity index (χ2n) is 7.31. The van der Waals surface area contributed by atoms with E-state index < -0.39 is 0 Å². The summed E-state index contributed by atoms with van der Waals surface area (Å²) in [5.74, 6) is 2.36. The normalized spacial score (nSPS) is 24.4. The van der Waals surface area contributed by atoms with Crippen molar-refractivity contribution in [2.45, 2.75) is 37.3 Å². The van der Waals surface area contributed by atoms with E-state index in [1.165, 1.54) is 5.69 Å². The predicted molar refractivity (Wildman–Crippen MR) is 100 cm³/mol. The van der Waals surface area contributed by atoms with Gasteiger partial charge in [-0.25, -0.2) is 9.97 Å². The van der Waals surface area contributed by atoms with Crippen LogP contribution in [-0.2, 0) is 7.05 Å². The lowest BCUT2D eigenvalue weighted by atomic mass is 9.93. The number of aromatic nitrogens is 4. The van der Waals surface area contributed by atoms with Gasteiger partial charge < -0.3 is 20.6 Å². The Labute approximate surface area is 153 Å². The molecule has 26 heavy (non-hydrogen) atoms. The molecule has 140 valence electrons. The van der Waals surface area contributed by atoms with Crippen LogP contribution in [0.25, 0.3) is 0 Å². The van der Waals surface area contributed by atoms with Crippen LogP contribution in [0.15, 0.2) is 24.7 Å². The fourth-order valence-corrected chi connectivity index (χ4v) is 4.25. The van der Waals surface area contributed by atoms with Gasteiger partial charge in [-0.05, 0) is 25.3 Å². The molecule has 8 heteroatoms. The Bertz CT molecular complexity index is 741. The Morgan fingerprint density at radius 3 is 2.69 bits per heavy atom. The van der Waals surface area contributed by atoms with E-state index in [4.69, 9.17) is 5.73 Å². The number of hydrogen-bond acceptors (Lipinski definition) is 7. The molecule has 0 radical (unpaired) electrons. The van der Waals surface area contributed by atoms with Gasteiger partial charge in [0.05, 0.1) is 6.10 Å². The molecule has 2 aliphatic heterocycles. The van der Waals surface area contributed by atoms with Crippen molar-refractivity contribution in [3.63, 3.8) is 0 Å². The number of anilines is 2. The fourth-order valence-electron chi connectivity index (χ4n) is 4.25. The smallest absolute Gasteiger partial charge is 0.134 e. The molecular formula is C18H27N7O. The molecule has 0 aromatic carbocycles. The van der Waals surface area contributed by atoms with E-state index >= 15 is 0 Å². The van der Waals surface area contributed by atoms with E-state index in [1.54, 1.807) is 6.33 Å². The number of nitrogens with zero attached hydrogens (tertiary/aromatic N) is 6. The third-order valence-electron chi connectivity index (χ3n) is 5.69. The van der Waals surface area contributed by atoms with Gasteiger partial charge in [0.25, 0.3) is 0 Å². The Kier molecular flexibility index (Phi) is 4.78. The predicted octanol–water partition coefficient (Wildman–Crippen LogP) is 0.492. The van der Waals surface area contributed by atoms with E-state index in [0.29, 0.717) is 25.4 Å². The molecule has 0 aliphatic carbocycles. The lowest BCUT2D eigenvalue weighted by molar-refractivity contribution is 0.194. The molecule has 2 aromatic heterocycles. The van der Waals surface area contributed by atoms with Crippen molar-refractivity contribution in [3.8, 4) is 0 Å². The van der Waals surface area contributed by atoms with Crippen LogP contribution in [0.1, 0.15) is 30.9 Å². The Balaban J connectivity index is 1.45. The highest BCUT2D eigenvalue weighted by atomic mass is 16.3. The maximum absolute atomic E-state index is 9.96. The van der Waals surface area contributed by atoms with Crippen LogP contribution < -0.4 is 15.5 Å². The van der Waals surface area contributed by atoms with Crippen molar-refractivity contribution in [1.29, 1.82) is 0 Å². The second kappa shape index (κ2) is 7.20. The highest BCUT2D eigenvalue weighted by Gasteiger charge is 2.31. The number of aliphatic hydroxyl groups is 1. The van der Waals surface area contributed by atoms with Gasteiger partial charge in [-0.15, -0.1) is 0 Å².